The number of hydrogen-bond acceptors (Lipinski definition) is 15. The normalized spacial score (nSPS) is 32.7. The summed E-state index contributed by atoms with van der Waals surface area (Å²) in [5.74, 6) is -5.49. The molecule has 412 valence electrons. The van der Waals surface area contributed by atoms with Crippen molar-refractivity contribution in [2.24, 2.45) is 45.5 Å². The zero-order chi connectivity index (χ0) is 54.1. The summed E-state index contributed by atoms with van der Waals surface area (Å²) in [6.45, 7) is 21.0. The smallest absolute Gasteiger partial charge is 0.407 e. The van der Waals surface area contributed by atoms with Gasteiger partial charge in [-0.15, -0.1) is 0 Å². The van der Waals surface area contributed by atoms with E-state index < -0.39 is 83.1 Å². The lowest BCUT2D eigenvalue weighted by atomic mass is 9.78. The number of alkyl carbamates (subject to hydrolysis) is 1. The van der Waals surface area contributed by atoms with Crippen molar-refractivity contribution in [3.05, 3.63) is 58.0 Å². The number of aromatic hydroxyl groups is 2. The molecule has 5 bridgehead atoms. The summed E-state index contributed by atoms with van der Waals surface area (Å²) in [7, 11) is 1.51. The van der Waals surface area contributed by atoms with E-state index in [1.165, 1.54) is 52.4 Å². The van der Waals surface area contributed by atoms with E-state index in [-0.39, 0.29) is 55.7 Å². The minimum atomic E-state index is -1.97. The van der Waals surface area contributed by atoms with Crippen molar-refractivity contribution in [2.45, 2.75) is 168 Å². The topological polar surface area (TPSA) is 224 Å². The van der Waals surface area contributed by atoms with Gasteiger partial charge in [-0.3, -0.25) is 19.5 Å². The maximum absolute atomic E-state index is 15.0. The highest BCUT2D eigenvalue weighted by Crippen LogP contribution is 2.51. The molecule has 1 aliphatic carbocycles. The summed E-state index contributed by atoms with van der Waals surface area (Å²) in [6.07, 6.45) is 14.0. The van der Waals surface area contributed by atoms with Gasteiger partial charge in [-0.1, -0.05) is 85.5 Å². The average molecular weight is 1040 g/mol. The molecule has 1 spiro atoms. The first-order valence-corrected chi connectivity index (χ1v) is 27.8. The number of nitrogens with one attached hydrogen (secondary N) is 2. The highest BCUT2D eigenvalue weighted by atomic mass is 16.7. The third kappa shape index (κ3) is 11.6. The Kier molecular flexibility index (Phi) is 17.4. The Hall–Kier alpha value is -5.07. The fourth-order valence-corrected chi connectivity index (χ4v) is 12.6. The van der Waals surface area contributed by atoms with Gasteiger partial charge >= 0.3 is 11.9 Å². The summed E-state index contributed by atoms with van der Waals surface area (Å²) < 4.78 is 25.0. The van der Waals surface area contributed by atoms with Crippen molar-refractivity contribution in [1.82, 2.24) is 15.1 Å². The number of aliphatic hydroxyl groups excluding tert-OH is 2. The predicted molar refractivity (Wildman–Crippen MR) is 286 cm³/mol. The number of phenols is 2. The number of phenolic OH excluding ortho intramolecular Hbond substituents is 2. The van der Waals surface area contributed by atoms with E-state index in [0.717, 1.165) is 52.0 Å². The number of amides is 2. The van der Waals surface area contributed by atoms with Gasteiger partial charge in [-0.05, 0) is 64.0 Å². The van der Waals surface area contributed by atoms with E-state index in [4.69, 9.17) is 23.9 Å². The third-order valence-electron chi connectivity index (χ3n) is 17.3. The molecule has 3 fully saturated rings. The Balaban J connectivity index is 1.15. The van der Waals surface area contributed by atoms with E-state index in [0.29, 0.717) is 36.9 Å². The predicted octanol–water partition coefficient (Wildman–Crippen LogP) is 7.35. The van der Waals surface area contributed by atoms with Crippen LogP contribution >= 0.6 is 0 Å². The molecular formula is C58H84N6O11. The molecule has 6 aliphatic heterocycles. The number of benzene rings is 2. The second-order valence-electron chi connectivity index (χ2n) is 23.3. The van der Waals surface area contributed by atoms with Crippen molar-refractivity contribution in [3.63, 3.8) is 0 Å². The van der Waals surface area contributed by atoms with Crippen LogP contribution in [0, 0.1) is 42.4 Å². The second-order valence-corrected chi connectivity index (χ2v) is 23.3. The number of carbonyl (C=O) groups is 3. The first-order valence-electron chi connectivity index (χ1n) is 27.8. The van der Waals surface area contributed by atoms with Gasteiger partial charge in [0.1, 0.15) is 34.0 Å². The van der Waals surface area contributed by atoms with E-state index >= 15 is 4.79 Å². The van der Waals surface area contributed by atoms with Crippen molar-refractivity contribution < 1.29 is 53.8 Å². The summed E-state index contributed by atoms with van der Waals surface area (Å²) in [5.41, 5.74) is -0.106. The number of ketones is 1. The lowest BCUT2D eigenvalue weighted by Crippen LogP contribution is -2.50. The van der Waals surface area contributed by atoms with Crippen LogP contribution in [0.5, 0.6) is 17.2 Å². The summed E-state index contributed by atoms with van der Waals surface area (Å²) in [4.78, 5) is 57.6. The molecule has 0 aromatic heterocycles. The Morgan fingerprint density at radius 1 is 0.907 bits per heavy atom. The van der Waals surface area contributed by atoms with Crippen molar-refractivity contribution in [1.29, 1.82) is 0 Å². The Morgan fingerprint density at radius 3 is 2.31 bits per heavy atom. The van der Waals surface area contributed by atoms with Gasteiger partial charge in [0.15, 0.2) is 5.75 Å². The Labute approximate surface area is 442 Å². The number of rotatable bonds is 8. The highest BCUT2D eigenvalue weighted by Gasteiger charge is 2.51. The number of aliphatic hydroxyl groups is 2. The zero-order valence-electron chi connectivity index (χ0n) is 46.0. The fraction of sp³-hybridized carbons (Fsp3) is 0.672. The number of methoxy groups -OCH3 is 1. The molecule has 2 saturated heterocycles. The number of nitrogens with zero attached hydrogens (tertiary/aromatic N) is 4. The molecule has 2 aromatic rings. The number of hydrogen-bond donors (Lipinski definition) is 6. The van der Waals surface area contributed by atoms with Crippen LogP contribution in [-0.2, 0) is 19.0 Å². The molecule has 2 amide bonds. The lowest BCUT2D eigenvalue weighted by Gasteiger charge is -2.39. The number of Topliss-reactive ketones (excluding diaryl/α,β-unsaturated/α-hetero) is 1. The number of carbonyl (C=O) groups excluding carboxylic acids is 3. The van der Waals surface area contributed by atoms with Crippen molar-refractivity contribution in [2.75, 3.05) is 51.7 Å². The fourth-order valence-electron chi connectivity index (χ4n) is 12.6. The number of piperidine rings is 2. The molecule has 9 rings (SSSR count). The second kappa shape index (κ2) is 23.3. The maximum Gasteiger partial charge on any atom is 0.407 e. The van der Waals surface area contributed by atoms with Gasteiger partial charge in [0.05, 0.1) is 41.2 Å². The monoisotopic (exact) mass is 1040 g/mol. The number of ether oxygens (including phenoxy) is 4. The first kappa shape index (κ1) is 56.1. The standard InChI is InChI=1S/C58H84N6O11/c1-32(2)30-63-26-23-58(24-27-63)61-45-42-43-50(67)38(8)53-44(42)54(69)57(9,75-53)73-28-22-41(72-10)35(5)52(74-56(71)59-29-40-21-14-15-25-64(40)31-39-19-12-11-13-20-39)37(7)49(66)36(6)48(65)33(3)17-16-18-34(4)55(70)60-47(51(43)68)46(45)62-58/h16-18,22,28,32-33,35-37,39-41,48-49,52,61,65-68H,11-15,19-21,23-27,29-31H2,1-10H3,(H,59,71)/b17-16+,28-22+,34-18-,60-47?/t33-,35+,36+,37+,40?,41-,48-,49+,52+,57-/m0/s1. The van der Waals surface area contributed by atoms with Crippen LogP contribution in [0.4, 0.5) is 10.5 Å². The molecule has 17 heteroatoms. The number of fused-ring (bicyclic) bond motifs is 13. The first-order chi connectivity index (χ1) is 35.7. The van der Waals surface area contributed by atoms with E-state index in [2.05, 4.69) is 39.3 Å². The molecule has 6 N–H and O–H groups in total. The van der Waals surface area contributed by atoms with Gasteiger partial charge in [0, 0.05) is 106 Å². The maximum atomic E-state index is 15.0. The van der Waals surface area contributed by atoms with E-state index in [1.807, 2.05) is 13.8 Å². The van der Waals surface area contributed by atoms with Crippen molar-refractivity contribution in [3.8, 4) is 17.2 Å². The molecule has 6 heterocycles. The van der Waals surface area contributed by atoms with E-state index in [9.17, 15) is 30.0 Å². The summed E-state index contributed by atoms with van der Waals surface area (Å²) >= 11 is 0. The van der Waals surface area contributed by atoms with Gasteiger partial charge in [-0.25, -0.2) is 9.79 Å². The Morgan fingerprint density at radius 2 is 1.61 bits per heavy atom. The molecule has 1 unspecified atom stereocenters. The van der Waals surface area contributed by atoms with Crippen LogP contribution in [0.15, 0.2) is 46.1 Å². The SMILES string of the molecule is CO[C@H]1/C=C/O[C@@]2(C)Oc3c(C)c(O)c4c(O)c(c5c(c4c3C2=O)NC2(CCN(CC(C)C)CC2)N=5)=NC(=O)/C(C)=C\C=C\[C@H](C)[C@H](O)[C@@H](C)[C@@H](O)[C@@H](C)[C@H](OC(=O)NCC2CCCCN2CC2CCCCC2)[C@@H]1C. The third-order valence-corrected chi connectivity index (χ3v) is 17.3. The van der Waals surface area contributed by atoms with Gasteiger partial charge < -0.3 is 54.9 Å². The van der Waals surface area contributed by atoms with Crippen LogP contribution < -0.4 is 26.1 Å². The highest BCUT2D eigenvalue weighted by molar-refractivity contribution is 6.21. The van der Waals surface area contributed by atoms with Crippen LogP contribution in [0.3, 0.4) is 0 Å². The number of likely N-dealkylation sites (tertiary alicyclic amines) is 2. The molecule has 1 saturated carbocycles. The van der Waals surface area contributed by atoms with E-state index in [1.54, 1.807) is 52.0 Å². The van der Waals surface area contributed by atoms with Crippen LogP contribution in [0.2, 0.25) is 0 Å². The van der Waals surface area contributed by atoms with Crippen LogP contribution in [0.1, 0.15) is 136 Å². The van der Waals surface area contributed by atoms with Crippen LogP contribution in [0.25, 0.3) is 10.8 Å². The zero-order valence-corrected chi connectivity index (χ0v) is 46.0. The molecule has 7 aliphatic rings. The quantitative estimate of drug-likeness (QED) is 0.142. The molecular weight excluding hydrogens is 957 g/mol. The molecule has 10 atom stereocenters. The summed E-state index contributed by atoms with van der Waals surface area (Å²) in [5, 5.41) is 54.8. The van der Waals surface area contributed by atoms with Gasteiger partial charge in [0.2, 0.25) is 0 Å². The average Bonchev–Trinajstić information content (AvgIpc) is 3.95. The number of allylic oxidation sites excluding steroid dienone is 2. The van der Waals surface area contributed by atoms with Gasteiger partial charge in [0.25, 0.3) is 11.7 Å². The minimum Gasteiger partial charge on any atom is -0.507 e. The minimum absolute atomic E-state index is 0.0583. The summed E-state index contributed by atoms with van der Waals surface area (Å²) in [6, 6.07) is 0.182. The number of anilines is 1. The van der Waals surface area contributed by atoms with Gasteiger partial charge in [-0.2, -0.15) is 0 Å². The van der Waals surface area contributed by atoms with Crippen LogP contribution in [-0.4, -0.2) is 136 Å². The molecule has 0 radical (unpaired) electrons. The Bertz CT molecular complexity index is 2670. The molecule has 75 heavy (non-hydrogen) atoms. The van der Waals surface area contributed by atoms with Crippen molar-refractivity contribution >= 4 is 34.2 Å². The molecule has 2 aromatic carbocycles. The lowest BCUT2D eigenvalue weighted by molar-refractivity contribution is -0.114. The molecule has 17 nitrogen and oxygen atoms in total. The largest absolute Gasteiger partial charge is 0.507 e.